The Kier molecular flexibility index (Phi) is 34.8. The maximum atomic E-state index is 10.8. The molecule has 1 heterocycles. The van der Waals surface area contributed by atoms with Gasteiger partial charge in [0.05, 0.1) is 38.4 Å². The summed E-state index contributed by atoms with van der Waals surface area (Å²) in [6, 6.07) is 0. The lowest BCUT2D eigenvalue weighted by atomic mass is 9.91. The molecule has 0 radical (unpaired) electrons. The smallest absolute Gasteiger partial charge is 0.217 e. The highest BCUT2D eigenvalue weighted by molar-refractivity contribution is 5.07. The van der Waals surface area contributed by atoms with Gasteiger partial charge in [-0.3, -0.25) is 0 Å². The van der Waals surface area contributed by atoms with Gasteiger partial charge in [0.25, 0.3) is 0 Å². The van der Waals surface area contributed by atoms with E-state index in [0.29, 0.717) is 0 Å². The molecule has 19 nitrogen and oxygen atoms in total. The molecule has 3 unspecified atom stereocenters. The third kappa shape index (κ3) is 24.6. The molecular weight excluding hydrogens is 868 g/mol. The van der Waals surface area contributed by atoms with Crippen LogP contribution in [0.25, 0.3) is 0 Å². The third-order valence-electron chi connectivity index (χ3n) is 12.1. The maximum absolute atomic E-state index is 10.8. The monoisotopic (exact) mass is 959 g/mol. The Morgan fingerprint density at radius 2 is 0.909 bits per heavy atom. The first-order valence-electron chi connectivity index (χ1n) is 24.5. The molecule has 1 aliphatic heterocycles. The van der Waals surface area contributed by atoms with Crippen LogP contribution >= 0.6 is 0 Å². The standard InChI is InChI=1S/C47H90O19/c1-3-5-7-9-11-13-15-17-19-21-33(22-20-18-16-14-12-10-8-6-4-2)28-62-29-47(30-63-44(60)41(57)37(53)34(51)23-25-48,31-64-45(61)42(58)38(54)35(52)24-26-49)32-65-46-43(59)40(56)39(55)36(27-50)66-46/h33-36,39-40,43-46,48-61H,3-32H2,1-2H3/b41-37+,42-38+/t34-,35-,36?,39-,40?,43?,44+,45+,46-/m1/s1. The topological polar surface area (TPSA) is 329 Å². The van der Waals surface area contributed by atoms with Gasteiger partial charge in [-0.1, -0.05) is 129 Å². The Balaban J connectivity index is 3.48. The van der Waals surface area contributed by atoms with Crippen LogP contribution in [0.5, 0.6) is 0 Å². The van der Waals surface area contributed by atoms with E-state index >= 15 is 0 Å². The normalized spacial score (nSPS) is 22.0. The summed E-state index contributed by atoms with van der Waals surface area (Å²) in [6.45, 7) is 0.247. The fourth-order valence-corrected chi connectivity index (χ4v) is 7.74. The van der Waals surface area contributed by atoms with Crippen LogP contribution in [0.15, 0.2) is 23.0 Å². The SMILES string of the molecule is CCCCCCCCCCCC(CCCCCCCCCCC)COCC(CO[C@@H]1OC(CO)[C@@H](O)C(O)C1O)(CO[C@H](O)/C(O)=C(\O)[C@H](O)CCO)CO[C@H](O)/C(O)=C(\O)[C@H](O)CCO. The van der Waals surface area contributed by atoms with Crippen LogP contribution in [-0.2, 0) is 23.7 Å². The van der Waals surface area contributed by atoms with E-state index in [1.54, 1.807) is 0 Å². The molecule has 9 atom stereocenters. The number of aliphatic hydroxyl groups excluding tert-OH is 14. The molecule has 0 saturated carbocycles. The molecule has 14 N–H and O–H groups in total. The van der Waals surface area contributed by atoms with Crippen molar-refractivity contribution in [1.82, 2.24) is 0 Å². The van der Waals surface area contributed by atoms with E-state index in [0.717, 1.165) is 51.4 Å². The minimum Gasteiger partial charge on any atom is -0.506 e. The second-order valence-corrected chi connectivity index (χ2v) is 18.0. The highest BCUT2D eigenvalue weighted by atomic mass is 16.7. The van der Waals surface area contributed by atoms with Crippen molar-refractivity contribution in [2.45, 2.75) is 211 Å². The average Bonchev–Trinajstić information content (AvgIpc) is 3.31. The van der Waals surface area contributed by atoms with E-state index in [2.05, 4.69) is 13.8 Å². The Morgan fingerprint density at radius 1 is 0.500 bits per heavy atom. The molecule has 0 bridgehead atoms. The van der Waals surface area contributed by atoms with Crippen molar-refractivity contribution in [1.29, 1.82) is 0 Å². The highest BCUT2D eigenvalue weighted by Crippen LogP contribution is 2.30. The van der Waals surface area contributed by atoms with Crippen LogP contribution in [0.2, 0.25) is 0 Å². The van der Waals surface area contributed by atoms with Crippen molar-refractivity contribution in [3.05, 3.63) is 23.0 Å². The molecule has 0 spiro atoms. The van der Waals surface area contributed by atoms with Gasteiger partial charge < -0.3 is 95.2 Å². The van der Waals surface area contributed by atoms with Gasteiger partial charge in [-0.25, -0.2) is 0 Å². The molecule has 1 saturated heterocycles. The molecule has 1 rings (SSSR count). The molecule has 66 heavy (non-hydrogen) atoms. The lowest BCUT2D eigenvalue weighted by Gasteiger charge is -2.41. The van der Waals surface area contributed by atoms with Crippen molar-refractivity contribution in [3.8, 4) is 0 Å². The predicted molar refractivity (Wildman–Crippen MR) is 244 cm³/mol. The number of hydrogen-bond acceptors (Lipinski definition) is 19. The van der Waals surface area contributed by atoms with Crippen molar-refractivity contribution in [2.75, 3.05) is 52.9 Å². The van der Waals surface area contributed by atoms with E-state index in [9.17, 15) is 71.5 Å². The van der Waals surface area contributed by atoms with Gasteiger partial charge in [-0.2, -0.15) is 0 Å². The quantitative estimate of drug-likeness (QED) is 0.0233. The van der Waals surface area contributed by atoms with Crippen LogP contribution in [0.4, 0.5) is 0 Å². The fourth-order valence-electron chi connectivity index (χ4n) is 7.74. The summed E-state index contributed by atoms with van der Waals surface area (Å²) in [5.74, 6) is -4.48. The number of rotatable bonds is 42. The van der Waals surface area contributed by atoms with Gasteiger partial charge in [0, 0.05) is 32.7 Å². The minimum absolute atomic E-state index is 0.107. The molecule has 19 heteroatoms. The predicted octanol–water partition coefficient (Wildman–Crippen LogP) is 4.08. The van der Waals surface area contributed by atoms with E-state index in [1.807, 2.05) is 0 Å². The molecule has 0 amide bonds. The summed E-state index contributed by atoms with van der Waals surface area (Å²) in [4.78, 5) is 0. The third-order valence-corrected chi connectivity index (χ3v) is 12.1. The molecule has 1 fully saturated rings. The second kappa shape index (κ2) is 37.0. The molecular formula is C47H90O19. The van der Waals surface area contributed by atoms with Gasteiger partial charge in [0.1, 0.15) is 36.6 Å². The number of hydrogen-bond donors (Lipinski definition) is 14. The van der Waals surface area contributed by atoms with Crippen LogP contribution in [0, 0.1) is 11.3 Å². The van der Waals surface area contributed by atoms with E-state index in [1.165, 1.54) is 77.0 Å². The Morgan fingerprint density at radius 3 is 1.30 bits per heavy atom. The first-order chi connectivity index (χ1) is 31.6. The number of unbranched alkanes of at least 4 members (excludes halogenated alkanes) is 16. The van der Waals surface area contributed by atoms with Crippen LogP contribution in [0.1, 0.15) is 155 Å². The van der Waals surface area contributed by atoms with Crippen LogP contribution in [0.3, 0.4) is 0 Å². The Labute approximate surface area is 392 Å². The van der Waals surface area contributed by atoms with E-state index in [-0.39, 0.29) is 19.1 Å². The van der Waals surface area contributed by atoms with Gasteiger partial charge in [0.2, 0.25) is 12.6 Å². The number of ether oxygens (including phenoxy) is 5. The zero-order chi connectivity index (χ0) is 49.3. The fraction of sp³-hybridized carbons (Fsp3) is 0.915. The first-order valence-corrected chi connectivity index (χ1v) is 24.5. The summed E-state index contributed by atoms with van der Waals surface area (Å²) in [6.07, 6.45) is 5.27. The molecule has 0 aromatic rings. The highest BCUT2D eigenvalue weighted by Gasteiger charge is 2.46. The maximum Gasteiger partial charge on any atom is 0.217 e. The summed E-state index contributed by atoms with van der Waals surface area (Å²) in [5, 5.41) is 143. The summed E-state index contributed by atoms with van der Waals surface area (Å²) in [7, 11) is 0. The van der Waals surface area contributed by atoms with E-state index < -0.39 is 136 Å². The zero-order valence-corrected chi connectivity index (χ0v) is 39.8. The molecule has 0 aromatic heterocycles. The van der Waals surface area contributed by atoms with Gasteiger partial charge in [-0.15, -0.1) is 0 Å². The van der Waals surface area contributed by atoms with Gasteiger partial charge >= 0.3 is 0 Å². The lowest BCUT2D eigenvalue weighted by molar-refractivity contribution is -0.311. The summed E-state index contributed by atoms with van der Waals surface area (Å²) >= 11 is 0. The van der Waals surface area contributed by atoms with E-state index in [4.69, 9.17) is 23.7 Å². The molecule has 1 aliphatic rings. The summed E-state index contributed by atoms with van der Waals surface area (Å²) < 4.78 is 29.0. The van der Waals surface area contributed by atoms with Crippen LogP contribution in [-0.4, -0.2) is 180 Å². The lowest BCUT2D eigenvalue weighted by Crippen LogP contribution is -2.60. The summed E-state index contributed by atoms with van der Waals surface area (Å²) in [5.41, 5.74) is -1.74. The Hall–Kier alpha value is -1.92. The van der Waals surface area contributed by atoms with Crippen molar-refractivity contribution in [2.24, 2.45) is 11.3 Å². The average molecular weight is 959 g/mol. The first kappa shape index (κ1) is 62.1. The number of aliphatic hydroxyl groups is 14. The van der Waals surface area contributed by atoms with Crippen molar-refractivity contribution in [3.63, 3.8) is 0 Å². The molecule has 392 valence electrons. The van der Waals surface area contributed by atoms with Crippen LogP contribution < -0.4 is 0 Å². The Bertz CT molecular complexity index is 1190. The second-order valence-electron chi connectivity index (χ2n) is 18.0. The van der Waals surface area contributed by atoms with Crippen molar-refractivity contribution >= 4 is 0 Å². The zero-order valence-electron chi connectivity index (χ0n) is 39.8. The van der Waals surface area contributed by atoms with Gasteiger partial charge in [-0.05, 0) is 18.8 Å². The minimum atomic E-state index is -2.31. The molecule has 0 aromatic carbocycles. The van der Waals surface area contributed by atoms with Crippen molar-refractivity contribution < 1.29 is 95.2 Å². The van der Waals surface area contributed by atoms with Gasteiger partial charge in [0.15, 0.2) is 29.3 Å². The largest absolute Gasteiger partial charge is 0.506 e. The molecule has 0 aliphatic carbocycles.